The number of oxazole rings is 1. The van der Waals surface area contributed by atoms with Gasteiger partial charge in [-0.3, -0.25) is 14.5 Å². The van der Waals surface area contributed by atoms with E-state index in [0.29, 0.717) is 39.4 Å². The van der Waals surface area contributed by atoms with Crippen LogP contribution in [-0.2, 0) is 9.53 Å². The van der Waals surface area contributed by atoms with Crippen molar-refractivity contribution in [2.24, 2.45) is 0 Å². The SMILES string of the molecule is CCN1C(=O)[C@H]2CN(C(=O)c3cnco3)CCN2C12CCOCC2. The van der Waals surface area contributed by atoms with Crippen LogP contribution in [0.5, 0.6) is 0 Å². The molecule has 3 saturated heterocycles. The fraction of sp³-hybridized carbons (Fsp3) is 0.688. The van der Waals surface area contributed by atoms with Crippen molar-refractivity contribution in [1.29, 1.82) is 0 Å². The number of fused-ring (bicyclic) bond motifs is 2. The lowest BCUT2D eigenvalue weighted by Gasteiger charge is -2.48. The van der Waals surface area contributed by atoms with Gasteiger partial charge in [0.2, 0.25) is 11.7 Å². The summed E-state index contributed by atoms with van der Waals surface area (Å²) < 4.78 is 10.6. The van der Waals surface area contributed by atoms with Gasteiger partial charge in [0.15, 0.2) is 6.39 Å². The van der Waals surface area contributed by atoms with Crippen LogP contribution in [0.1, 0.15) is 30.3 Å². The lowest BCUT2D eigenvalue weighted by molar-refractivity contribution is -0.135. The number of nitrogens with zero attached hydrogens (tertiary/aromatic N) is 4. The van der Waals surface area contributed by atoms with Gasteiger partial charge < -0.3 is 19.0 Å². The molecule has 4 heterocycles. The number of carbonyl (C=O) groups is 2. The maximum absolute atomic E-state index is 13.0. The molecule has 24 heavy (non-hydrogen) atoms. The summed E-state index contributed by atoms with van der Waals surface area (Å²) in [5.41, 5.74) is -0.240. The molecule has 4 rings (SSSR count). The molecule has 0 aromatic carbocycles. The molecule has 1 aromatic rings. The molecule has 0 aliphatic carbocycles. The Hall–Kier alpha value is -1.93. The van der Waals surface area contributed by atoms with Gasteiger partial charge in [-0.2, -0.15) is 0 Å². The minimum absolute atomic E-state index is 0.120. The Kier molecular flexibility index (Phi) is 3.80. The molecule has 8 heteroatoms. The molecule has 1 spiro atoms. The number of rotatable bonds is 2. The number of likely N-dealkylation sites (N-methyl/N-ethyl adjacent to an activating group) is 1. The molecule has 0 unspecified atom stereocenters. The van der Waals surface area contributed by atoms with E-state index < -0.39 is 0 Å². The second-order valence-corrected chi connectivity index (χ2v) is 6.50. The molecule has 0 radical (unpaired) electrons. The molecule has 2 amide bonds. The van der Waals surface area contributed by atoms with Crippen LogP contribution in [0.4, 0.5) is 0 Å². The maximum Gasteiger partial charge on any atom is 0.291 e. The van der Waals surface area contributed by atoms with Crippen molar-refractivity contribution in [3.8, 4) is 0 Å². The highest BCUT2D eigenvalue weighted by molar-refractivity contribution is 5.92. The number of piperazine rings is 1. The van der Waals surface area contributed by atoms with Crippen molar-refractivity contribution >= 4 is 11.8 Å². The van der Waals surface area contributed by atoms with Gasteiger partial charge in [-0.05, 0) is 6.92 Å². The van der Waals surface area contributed by atoms with Gasteiger partial charge in [-0.15, -0.1) is 0 Å². The quantitative estimate of drug-likeness (QED) is 0.767. The van der Waals surface area contributed by atoms with Gasteiger partial charge in [0, 0.05) is 39.0 Å². The monoisotopic (exact) mass is 334 g/mol. The minimum atomic E-state index is -0.274. The first-order valence-electron chi connectivity index (χ1n) is 8.51. The highest BCUT2D eigenvalue weighted by atomic mass is 16.5. The second kappa shape index (κ2) is 5.86. The summed E-state index contributed by atoms with van der Waals surface area (Å²) in [6.07, 6.45) is 4.34. The van der Waals surface area contributed by atoms with Gasteiger partial charge in [0.1, 0.15) is 11.7 Å². The zero-order valence-electron chi connectivity index (χ0n) is 13.8. The molecule has 1 aromatic heterocycles. The molecule has 8 nitrogen and oxygen atoms in total. The third kappa shape index (κ3) is 2.16. The van der Waals surface area contributed by atoms with E-state index in [1.807, 2.05) is 11.8 Å². The zero-order chi connectivity index (χ0) is 16.7. The number of carbonyl (C=O) groups excluding carboxylic acids is 2. The average Bonchev–Trinajstić information content (AvgIpc) is 3.22. The smallest absolute Gasteiger partial charge is 0.291 e. The van der Waals surface area contributed by atoms with E-state index in [0.717, 1.165) is 12.8 Å². The summed E-state index contributed by atoms with van der Waals surface area (Å²) in [6, 6.07) is -0.274. The van der Waals surface area contributed by atoms with Crippen LogP contribution in [0.3, 0.4) is 0 Å². The number of hydrogen-bond donors (Lipinski definition) is 0. The lowest BCUT2D eigenvalue weighted by Crippen LogP contribution is -2.62. The predicted octanol–water partition coefficient (Wildman–Crippen LogP) is 0.170. The number of hydrogen-bond acceptors (Lipinski definition) is 6. The van der Waals surface area contributed by atoms with Gasteiger partial charge in [-0.1, -0.05) is 0 Å². The lowest BCUT2D eigenvalue weighted by atomic mass is 9.96. The van der Waals surface area contributed by atoms with E-state index in [-0.39, 0.29) is 29.3 Å². The summed E-state index contributed by atoms with van der Waals surface area (Å²) in [4.78, 5) is 35.3. The molecule has 0 N–H and O–H groups in total. The molecule has 3 aliphatic heterocycles. The van der Waals surface area contributed by atoms with Crippen LogP contribution in [0.25, 0.3) is 0 Å². The first kappa shape index (κ1) is 15.6. The third-order valence-corrected chi connectivity index (χ3v) is 5.51. The molecule has 130 valence electrons. The van der Waals surface area contributed by atoms with Crippen LogP contribution < -0.4 is 0 Å². The fourth-order valence-corrected chi connectivity index (χ4v) is 4.40. The van der Waals surface area contributed by atoms with Crippen LogP contribution in [0.15, 0.2) is 17.0 Å². The second-order valence-electron chi connectivity index (χ2n) is 6.50. The Balaban J connectivity index is 1.58. The number of ether oxygens (including phenoxy) is 1. The average molecular weight is 334 g/mol. The van der Waals surface area contributed by atoms with Gasteiger partial charge in [-0.25, -0.2) is 4.98 Å². The van der Waals surface area contributed by atoms with E-state index in [9.17, 15) is 9.59 Å². The molecule has 3 fully saturated rings. The van der Waals surface area contributed by atoms with Crippen LogP contribution in [0, 0.1) is 0 Å². The van der Waals surface area contributed by atoms with Crippen molar-refractivity contribution in [1.82, 2.24) is 19.7 Å². The summed E-state index contributed by atoms with van der Waals surface area (Å²) in [5.74, 6) is 0.146. The highest BCUT2D eigenvalue weighted by Crippen LogP contribution is 2.41. The normalized spacial score (nSPS) is 26.9. The van der Waals surface area contributed by atoms with E-state index in [1.54, 1.807) is 4.90 Å². The molecule has 3 aliphatic rings. The minimum Gasteiger partial charge on any atom is -0.438 e. The number of aromatic nitrogens is 1. The Morgan fingerprint density at radius 2 is 2.17 bits per heavy atom. The molecule has 1 atom stereocenters. The Labute approximate surface area is 140 Å². The largest absolute Gasteiger partial charge is 0.438 e. The summed E-state index contributed by atoms with van der Waals surface area (Å²) in [5, 5.41) is 0. The van der Waals surface area contributed by atoms with Crippen molar-refractivity contribution in [2.45, 2.75) is 31.5 Å². The van der Waals surface area contributed by atoms with Crippen molar-refractivity contribution < 1.29 is 18.7 Å². The van der Waals surface area contributed by atoms with Crippen molar-refractivity contribution in [3.05, 3.63) is 18.4 Å². The van der Waals surface area contributed by atoms with Gasteiger partial charge in [0.25, 0.3) is 5.91 Å². The van der Waals surface area contributed by atoms with E-state index in [1.165, 1.54) is 12.6 Å². The Morgan fingerprint density at radius 1 is 1.38 bits per heavy atom. The highest BCUT2D eigenvalue weighted by Gasteiger charge is 2.58. The number of amides is 2. The molecule has 0 saturated carbocycles. The summed E-state index contributed by atoms with van der Waals surface area (Å²) in [7, 11) is 0. The predicted molar refractivity (Wildman–Crippen MR) is 83.1 cm³/mol. The summed E-state index contributed by atoms with van der Waals surface area (Å²) in [6.45, 7) is 5.72. The first-order valence-corrected chi connectivity index (χ1v) is 8.51. The topological polar surface area (TPSA) is 79.1 Å². The molecule has 0 bridgehead atoms. The van der Waals surface area contributed by atoms with E-state index in [4.69, 9.17) is 9.15 Å². The van der Waals surface area contributed by atoms with Crippen molar-refractivity contribution in [2.75, 3.05) is 39.4 Å². The standard InChI is InChI=1S/C16H22N4O4/c1-2-19-14(21)12-10-18(15(22)13-9-17-11-24-13)5-6-20(12)16(19)3-7-23-8-4-16/h9,11-12H,2-8,10H2,1H3/t12-/m1/s1. The van der Waals surface area contributed by atoms with Gasteiger partial charge >= 0.3 is 0 Å². The third-order valence-electron chi connectivity index (χ3n) is 5.51. The Bertz CT molecular complexity index is 626. The van der Waals surface area contributed by atoms with E-state index in [2.05, 4.69) is 9.88 Å². The summed E-state index contributed by atoms with van der Waals surface area (Å²) >= 11 is 0. The van der Waals surface area contributed by atoms with Crippen LogP contribution >= 0.6 is 0 Å². The van der Waals surface area contributed by atoms with Crippen molar-refractivity contribution in [3.63, 3.8) is 0 Å². The fourth-order valence-electron chi connectivity index (χ4n) is 4.40. The van der Waals surface area contributed by atoms with Crippen LogP contribution in [-0.4, -0.2) is 82.6 Å². The Morgan fingerprint density at radius 3 is 2.83 bits per heavy atom. The van der Waals surface area contributed by atoms with Gasteiger partial charge in [0.05, 0.1) is 19.4 Å². The zero-order valence-corrected chi connectivity index (χ0v) is 13.8. The van der Waals surface area contributed by atoms with Crippen LogP contribution in [0.2, 0.25) is 0 Å². The van der Waals surface area contributed by atoms with E-state index >= 15 is 0 Å². The molecular weight excluding hydrogens is 312 g/mol. The molecular formula is C16H22N4O4. The first-order chi connectivity index (χ1) is 11.7. The maximum atomic E-state index is 13.0.